The molecule has 0 fully saturated rings. The highest BCUT2D eigenvalue weighted by atomic mass is 32.1. The molecule has 0 aliphatic carbocycles. The van der Waals surface area contributed by atoms with E-state index in [0.29, 0.717) is 0 Å². The summed E-state index contributed by atoms with van der Waals surface area (Å²) in [6, 6.07) is 1.84. The number of rotatable bonds is 0. The van der Waals surface area contributed by atoms with Crippen LogP contribution in [0.2, 0.25) is 0 Å². The first kappa shape index (κ1) is 5.12. The van der Waals surface area contributed by atoms with Crippen molar-refractivity contribution in [2.45, 2.75) is 9.92 Å². The summed E-state index contributed by atoms with van der Waals surface area (Å²) in [5.41, 5.74) is 0. The van der Waals surface area contributed by atoms with Crippen LogP contribution in [0.4, 0.5) is 0 Å². The molecule has 0 saturated carbocycles. The van der Waals surface area contributed by atoms with E-state index in [2.05, 4.69) is 30.2 Å². The Morgan fingerprint density at radius 1 is 1.43 bits per heavy atom. The van der Waals surface area contributed by atoms with Crippen molar-refractivity contribution in [1.82, 2.24) is 4.98 Å². The van der Waals surface area contributed by atoms with Gasteiger partial charge in [-0.1, -0.05) is 0 Å². The predicted octanol–water partition coefficient (Wildman–Crippen LogP) is 1.59. The van der Waals surface area contributed by atoms with Gasteiger partial charge in [0.1, 0.15) is 0 Å². The summed E-state index contributed by atoms with van der Waals surface area (Å²) >= 11 is 8.03. The highest BCUT2D eigenvalue weighted by molar-refractivity contribution is 7.81. The van der Waals surface area contributed by atoms with Crippen molar-refractivity contribution < 1.29 is 0 Å². The van der Waals surface area contributed by atoms with Crippen LogP contribution in [0.5, 0.6) is 0 Å². The third-order valence-electron chi connectivity index (χ3n) is 0.653. The van der Waals surface area contributed by atoms with Crippen molar-refractivity contribution in [3.05, 3.63) is 12.3 Å². The highest BCUT2D eigenvalue weighted by Gasteiger charge is 1.84. The van der Waals surface area contributed by atoms with Gasteiger partial charge in [-0.15, -0.1) is 25.3 Å². The molecule has 1 aromatic heterocycles. The topological polar surface area (TPSA) is 15.8 Å². The van der Waals surface area contributed by atoms with E-state index in [1.165, 1.54) is 0 Å². The van der Waals surface area contributed by atoms with E-state index in [9.17, 15) is 0 Å². The first-order chi connectivity index (χ1) is 3.29. The van der Waals surface area contributed by atoms with Crippen LogP contribution in [0.1, 0.15) is 0 Å². The lowest BCUT2D eigenvalue weighted by atomic mass is 10.7. The number of H-pyrrole nitrogens is 1. The quantitative estimate of drug-likeness (QED) is 0.443. The van der Waals surface area contributed by atoms with Crippen molar-refractivity contribution in [1.29, 1.82) is 0 Å². The largest absolute Gasteiger partial charge is 0.356 e. The fraction of sp³-hybridized carbons (Fsp3) is 0. The molecule has 38 valence electrons. The first-order valence-corrected chi connectivity index (χ1v) is 2.75. The summed E-state index contributed by atoms with van der Waals surface area (Å²) in [5, 5.41) is 0.852. The molecule has 0 atom stereocenters. The van der Waals surface area contributed by atoms with Crippen LogP contribution in [-0.2, 0) is 0 Å². The van der Waals surface area contributed by atoms with Crippen molar-refractivity contribution in [3.8, 4) is 0 Å². The van der Waals surface area contributed by atoms with Gasteiger partial charge in [-0.2, -0.15) is 0 Å². The second-order valence-corrected chi connectivity index (χ2v) is 2.24. The lowest BCUT2D eigenvalue weighted by Crippen LogP contribution is -1.51. The maximum atomic E-state index is 4.03. The Labute approximate surface area is 53.0 Å². The van der Waals surface area contributed by atoms with E-state index in [4.69, 9.17) is 0 Å². The van der Waals surface area contributed by atoms with E-state index in [-0.39, 0.29) is 0 Å². The van der Waals surface area contributed by atoms with Crippen LogP contribution in [-0.4, -0.2) is 4.98 Å². The summed E-state index contributed by atoms with van der Waals surface area (Å²) < 4.78 is 0. The minimum Gasteiger partial charge on any atom is -0.356 e. The van der Waals surface area contributed by atoms with Crippen LogP contribution >= 0.6 is 25.3 Å². The number of nitrogens with one attached hydrogen (secondary N) is 1. The molecule has 0 unspecified atom stereocenters. The average Bonchev–Trinajstić information content (AvgIpc) is 1.87. The third kappa shape index (κ3) is 1.17. The van der Waals surface area contributed by atoms with Crippen LogP contribution in [0, 0.1) is 0 Å². The zero-order chi connectivity index (χ0) is 5.28. The monoisotopic (exact) mass is 131 g/mol. The molecule has 0 radical (unpaired) electrons. The minimum atomic E-state index is 0.852. The third-order valence-corrected chi connectivity index (χ3v) is 1.17. The van der Waals surface area contributed by atoms with Crippen molar-refractivity contribution >= 4 is 25.3 Å². The van der Waals surface area contributed by atoms with Crippen LogP contribution in [0.15, 0.2) is 22.2 Å². The standard InChI is InChI=1S/C4H5NS2/c6-3-1-4(7)5-2-3/h1-2,5-7H. The molecule has 0 aliphatic heterocycles. The van der Waals surface area contributed by atoms with Crippen molar-refractivity contribution in [2.24, 2.45) is 0 Å². The van der Waals surface area contributed by atoms with Gasteiger partial charge in [-0.3, -0.25) is 0 Å². The molecule has 1 nitrogen and oxygen atoms in total. The van der Waals surface area contributed by atoms with E-state index in [0.717, 1.165) is 9.92 Å². The fourth-order valence-electron chi connectivity index (χ4n) is 0.371. The number of hydrogen-bond donors (Lipinski definition) is 3. The van der Waals surface area contributed by atoms with Crippen molar-refractivity contribution in [2.75, 3.05) is 0 Å². The fourth-order valence-corrected chi connectivity index (χ4v) is 0.870. The molecular formula is C4H5NS2. The zero-order valence-corrected chi connectivity index (χ0v) is 5.34. The molecule has 0 spiro atoms. The van der Waals surface area contributed by atoms with E-state index < -0.39 is 0 Å². The molecule has 1 aromatic rings. The molecule has 7 heavy (non-hydrogen) atoms. The van der Waals surface area contributed by atoms with Crippen molar-refractivity contribution in [3.63, 3.8) is 0 Å². The maximum Gasteiger partial charge on any atom is 0.0702 e. The van der Waals surface area contributed by atoms with Gasteiger partial charge in [0.2, 0.25) is 0 Å². The van der Waals surface area contributed by atoms with Gasteiger partial charge in [0.15, 0.2) is 0 Å². The Balaban J connectivity index is 3.04. The Morgan fingerprint density at radius 2 is 2.14 bits per heavy atom. The zero-order valence-electron chi connectivity index (χ0n) is 3.55. The number of aromatic amines is 1. The molecule has 0 amide bonds. The summed E-state index contributed by atoms with van der Waals surface area (Å²) in [6.07, 6.45) is 1.78. The van der Waals surface area contributed by atoms with Gasteiger partial charge in [-0.25, -0.2) is 0 Å². The molecule has 0 saturated heterocycles. The summed E-state index contributed by atoms with van der Waals surface area (Å²) in [6.45, 7) is 0. The van der Waals surface area contributed by atoms with E-state index in [1.54, 1.807) is 6.20 Å². The molecule has 0 aliphatic rings. The normalized spacial score (nSPS) is 9.43. The Kier molecular flexibility index (Phi) is 1.35. The van der Waals surface area contributed by atoms with Crippen LogP contribution in [0.3, 0.4) is 0 Å². The summed E-state index contributed by atoms with van der Waals surface area (Å²) in [4.78, 5) is 3.78. The Bertz CT molecular complexity index is 142. The van der Waals surface area contributed by atoms with Crippen LogP contribution < -0.4 is 0 Å². The van der Waals surface area contributed by atoms with Gasteiger partial charge in [0.05, 0.1) is 5.03 Å². The molecule has 1 N–H and O–H groups in total. The molecular weight excluding hydrogens is 126 g/mol. The van der Waals surface area contributed by atoms with Crippen LogP contribution in [0.25, 0.3) is 0 Å². The SMILES string of the molecule is Sc1c[nH]c(S)c1. The molecule has 3 heteroatoms. The lowest BCUT2D eigenvalue weighted by molar-refractivity contribution is 1.21. The molecule has 1 heterocycles. The molecule has 0 aromatic carbocycles. The smallest absolute Gasteiger partial charge is 0.0702 e. The second-order valence-electron chi connectivity index (χ2n) is 1.24. The second kappa shape index (κ2) is 1.84. The lowest BCUT2D eigenvalue weighted by Gasteiger charge is -1.69. The summed E-state index contributed by atoms with van der Waals surface area (Å²) in [5.74, 6) is 0. The number of thiol groups is 2. The van der Waals surface area contributed by atoms with E-state index >= 15 is 0 Å². The van der Waals surface area contributed by atoms with Gasteiger partial charge in [0.25, 0.3) is 0 Å². The van der Waals surface area contributed by atoms with Gasteiger partial charge in [0, 0.05) is 11.1 Å². The van der Waals surface area contributed by atoms with E-state index in [1.807, 2.05) is 6.07 Å². The highest BCUT2D eigenvalue weighted by Crippen LogP contribution is 2.09. The van der Waals surface area contributed by atoms with Gasteiger partial charge < -0.3 is 4.98 Å². The Hall–Kier alpha value is -0.0200. The molecule has 1 rings (SSSR count). The van der Waals surface area contributed by atoms with Gasteiger partial charge >= 0.3 is 0 Å². The predicted molar refractivity (Wildman–Crippen MR) is 35.3 cm³/mol. The summed E-state index contributed by atoms with van der Waals surface area (Å²) in [7, 11) is 0. The average molecular weight is 131 g/mol. The first-order valence-electron chi connectivity index (χ1n) is 1.85. The maximum absolute atomic E-state index is 4.03. The minimum absolute atomic E-state index is 0.852. The number of hydrogen-bond acceptors (Lipinski definition) is 2. The Morgan fingerprint density at radius 3 is 2.29 bits per heavy atom. The molecule has 0 bridgehead atoms. The van der Waals surface area contributed by atoms with Gasteiger partial charge in [-0.05, 0) is 6.07 Å². The number of aromatic nitrogens is 1.